The molecule has 2 aromatic heterocycles. The molecule has 4 aromatic rings. The normalized spacial score (nSPS) is 24.9. The molecule has 1 saturated heterocycles. The smallest absolute Gasteiger partial charge is 0.173 e. The molecule has 2 aliphatic rings. The summed E-state index contributed by atoms with van der Waals surface area (Å²) in [5, 5.41) is 5.42. The lowest BCUT2D eigenvalue weighted by molar-refractivity contribution is 0.132. The molecule has 5 nitrogen and oxygen atoms in total. The molecule has 158 valence electrons. The monoisotopic (exact) mass is 429 g/mol. The SMILES string of the molecule is CC1(C)C[C@H]2C[C@@](C)(CN2C(=S)Nc2ccc3[nH]c4nc5ccccc5nc4c3c2)C1. The Bertz CT molecular complexity index is 1360. The minimum Gasteiger partial charge on any atom is -0.345 e. The Labute approximate surface area is 187 Å². The molecule has 1 saturated carbocycles. The number of para-hydroxylation sites is 2. The molecule has 0 spiro atoms. The zero-order valence-corrected chi connectivity index (χ0v) is 19.0. The molecule has 2 N–H and O–H groups in total. The molecule has 31 heavy (non-hydrogen) atoms. The van der Waals surface area contributed by atoms with Gasteiger partial charge in [0.1, 0.15) is 5.52 Å². The molecule has 0 unspecified atom stereocenters. The average Bonchev–Trinajstić information content (AvgIpc) is 3.18. The van der Waals surface area contributed by atoms with Crippen LogP contribution in [-0.2, 0) is 0 Å². The van der Waals surface area contributed by atoms with Crippen molar-refractivity contribution in [3.8, 4) is 0 Å². The minimum atomic E-state index is 0.357. The maximum Gasteiger partial charge on any atom is 0.173 e. The van der Waals surface area contributed by atoms with Crippen LogP contribution in [-0.4, -0.2) is 37.6 Å². The summed E-state index contributed by atoms with van der Waals surface area (Å²) in [5.41, 5.74) is 6.29. The van der Waals surface area contributed by atoms with Gasteiger partial charge in [-0.05, 0) is 72.6 Å². The quantitative estimate of drug-likeness (QED) is 0.371. The Hall–Kier alpha value is -2.73. The molecule has 0 radical (unpaired) electrons. The molecular weight excluding hydrogens is 402 g/mol. The number of H-pyrrole nitrogens is 1. The topological polar surface area (TPSA) is 56.8 Å². The Morgan fingerprint density at radius 1 is 1.10 bits per heavy atom. The van der Waals surface area contributed by atoms with E-state index in [0.29, 0.717) is 16.9 Å². The predicted octanol–water partition coefficient (Wildman–Crippen LogP) is 5.86. The second-order valence-corrected chi connectivity index (χ2v) is 11.0. The van der Waals surface area contributed by atoms with Gasteiger partial charge in [0.2, 0.25) is 0 Å². The summed E-state index contributed by atoms with van der Waals surface area (Å²) in [5.74, 6) is 0. The Balaban J connectivity index is 1.33. The summed E-state index contributed by atoms with van der Waals surface area (Å²) in [7, 11) is 0. The summed E-state index contributed by atoms with van der Waals surface area (Å²) in [6.07, 6.45) is 3.71. The van der Waals surface area contributed by atoms with Crippen molar-refractivity contribution in [2.45, 2.75) is 46.1 Å². The van der Waals surface area contributed by atoms with Crippen molar-refractivity contribution in [2.75, 3.05) is 11.9 Å². The third-order valence-electron chi connectivity index (χ3n) is 7.03. The molecule has 1 aliphatic carbocycles. The van der Waals surface area contributed by atoms with Crippen LogP contribution in [0.25, 0.3) is 33.1 Å². The van der Waals surface area contributed by atoms with Gasteiger partial charge >= 0.3 is 0 Å². The van der Waals surface area contributed by atoms with Gasteiger partial charge in [0, 0.05) is 29.2 Å². The van der Waals surface area contributed by atoms with Crippen molar-refractivity contribution in [1.29, 1.82) is 0 Å². The standard InChI is InChI=1S/C25H27N5S/c1-24(2)11-16-12-25(3,13-24)14-30(16)23(31)26-15-8-9-18-17(10-15)21-22(28-18)29-20-7-5-4-6-19(20)27-21/h4-10,16H,11-14H2,1-3H3,(H,26,31)(H,28,29)/t16-,25+/m0/s1. The first-order valence-corrected chi connectivity index (χ1v) is 11.5. The molecular formula is C25H27N5S. The molecule has 3 heterocycles. The summed E-state index contributed by atoms with van der Waals surface area (Å²) in [6, 6.07) is 14.8. The Morgan fingerprint density at radius 3 is 2.68 bits per heavy atom. The van der Waals surface area contributed by atoms with Gasteiger partial charge < -0.3 is 15.2 Å². The lowest BCUT2D eigenvalue weighted by Crippen LogP contribution is -2.39. The van der Waals surface area contributed by atoms with Crippen LogP contribution in [0, 0.1) is 10.8 Å². The third kappa shape index (κ3) is 3.16. The van der Waals surface area contributed by atoms with Crippen molar-refractivity contribution in [3.63, 3.8) is 0 Å². The maximum atomic E-state index is 5.88. The summed E-state index contributed by atoms with van der Waals surface area (Å²) in [4.78, 5) is 15.5. The number of hydrogen-bond donors (Lipinski definition) is 2. The highest BCUT2D eigenvalue weighted by Gasteiger charge is 2.50. The van der Waals surface area contributed by atoms with Gasteiger partial charge in [-0.1, -0.05) is 32.9 Å². The average molecular weight is 430 g/mol. The van der Waals surface area contributed by atoms with Gasteiger partial charge in [0.05, 0.1) is 11.0 Å². The number of fused-ring (bicyclic) bond motifs is 6. The van der Waals surface area contributed by atoms with Crippen LogP contribution < -0.4 is 5.32 Å². The number of thiocarbonyl (C=S) groups is 1. The fourth-order valence-electron chi connectivity index (χ4n) is 6.22. The zero-order valence-electron chi connectivity index (χ0n) is 18.2. The van der Waals surface area contributed by atoms with Crippen LogP contribution in [0.1, 0.15) is 40.0 Å². The highest BCUT2D eigenvalue weighted by Crippen LogP contribution is 2.52. The number of aromatic amines is 1. The van der Waals surface area contributed by atoms with E-state index in [4.69, 9.17) is 22.2 Å². The molecule has 2 bridgehead atoms. The van der Waals surface area contributed by atoms with Gasteiger partial charge in [-0.3, -0.25) is 0 Å². The van der Waals surface area contributed by atoms with Gasteiger partial charge in [0.15, 0.2) is 10.8 Å². The fraction of sp³-hybridized carbons (Fsp3) is 0.400. The fourth-order valence-corrected chi connectivity index (χ4v) is 6.55. The molecule has 6 rings (SSSR count). The molecule has 6 heteroatoms. The van der Waals surface area contributed by atoms with Crippen LogP contribution >= 0.6 is 12.2 Å². The first kappa shape index (κ1) is 19.0. The molecule has 1 aliphatic heterocycles. The van der Waals surface area contributed by atoms with Gasteiger partial charge in [-0.15, -0.1) is 0 Å². The largest absolute Gasteiger partial charge is 0.345 e. The molecule has 2 fully saturated rings. The van der Waals surface area contributed by atoms with Crippen LogP contribution in [0.2, 0.25) is 0 Å². The van der Waals surface area contributed by atoms with Crippen LogP contribution in [0.5, 0.6) is 0 Å². The van der Waals surface area contributed by atoms with E-state index < -0.39 is 0 Å². The number of aromatic nitrogens is 3. The van der Waals surface area contributed by atoms with Gasteiger partial charge in [0.25, 0.3) is 0 Å². The van der Waals surface area contributed by atoms with E-state index >= 15 is 0 Å². The lowest BCUT2D eigenvalue weighted by atomic mass is 9.65. The third-order valence-corrected chi connectivity index (χ3v) is 7.36. The van der Waals surface area contributed by atoms with Crippen molar-refractivity contribution in [2.24, 2.45) is 10.8 Å². The highest BCUT2D eigenvalue weighted by atomic mass is 32.1. The first-order chi connectivity index (χ1) is 14.8. The highest BCUT2D eigenvalue weighted by molar-refractivity contribution is 7.80. The van der Waals surface area contributed by atoms with Crippen molar-refractivity contribution in [1.82, 2.24) is 19.9 Å². The van der Waals surface area contributed by atoms with E-state index in [-0.39, 0.29) is 0 Å². The number of hydrogen-bond acceptors (Lipinski definition) is 3. The number of nitrogens with one attached hydrogen (secondary N) is 2. The number of likely N-dealkylation sites (tertiary alicyclic amines) is 1. The van der Waals surface area contributed by atoms with Crippen molar-refractivity contribution >= 4 is 56.1 Å². The minimum absolute atomic E-state index is 0.357. The van der Waals surface area contributed by atoms with E-state index in [9.17, 15) is 0 Å². The lowest BCUT2D eigenvalue weighted by Gasteiger charge is -2.39. The van der Waals surface area contributed by atoms with E-state index in [0.717, 1.165) is 50.4 Å². The number of rotatable bonds is 1. The summed E-state index contributed by atoms with van der Waals surface area (Å²) in [6.45, 7) is 8.25. The van der Waals surface area contributed by atoms with Crippen LogP contribution in [0.3, 0.4) is 0 Å². The van der Waals surface area contributed by atoms with Crippen LogP contribution in [0.15, 0.2) is 42.5 Å². The first-order valence-electron chi connectivity index (χ1n) is 11.0. The number of nitrogens with zero attached hydrogens (tertiary/aromatic N) is 3. The maximum absolute atomic E-state index is 5.88. The second kappa shape index (κ2) is 6.39. The van der Waals surface area contributed by atoms with E-state index in [1.165, 1.54) is 19.3 Å². The molecule has 0 amide bonds. The Morgan fingerprint density at radius 2 is 1.87 bits per heavy atom. The number of anilines is 1. The van der Waals surface area contributed by atoms with Gasteiger partial charge in [-0.25, -0.2) is 9.97 Å². The predicted molar refractivity (Wildman–Crippen MR) is 131 cm³/mol. The Kier molecular flexibility index (Phi) is 3.91. The van der Waals surface area contributed by atoms with Crippen LogP contribution in [0.4, 0.5) is 5.69 Å². The van der Waals surface area contributed by atoms with E-state index in [1.54, 1.807) is 0 Å². The van der Waals surface area contributed by atoms with Crippen molar-refractivity contribution < 1.29 is 0 Å². The van der Waals surface area contributed by atoms with E-state index in [2.05, 4.69) is 54.2 Å². The molecule has 2 aromatic carbocycles. The van der Waals surface area contributed by atoms with Crippen molar-refractivity contribution in [3.05, 3.63) is 42.5 Å². The molecule has 2 atom stereocenters. The number of benzene rings is 2. The van der Waals surface area contributed by atoms with Gasteiger partial charge in [-0.2, -0.15) is 0 Å². The second-order valence-electron chi connectivity index (χ2n) is 10.6. The zero-order chi connectivity index (χ0) is 21.4. The van der Waals surface area contributed by atoms with E-state index in [1.807, 2.05) is 24.3 Å². The summed E-state index contributed by atoms with van der Waals surface area (Å²) < 4.78 is 0. The summed E-state index contributed by atoms with van der Waals surface area (Å²) >= 11 is 5.88.